The number of rotatable bonds is 4. The fourth-order valence-corrected chi connectivity index (χ4v) is 4.33. The minimum atomic E-state index is -0.520. The van der Waals surface area contributed by atoms with Crippen LogP contribution in [0.4, 0.5) is 0 Å². The van der Waals surface area contributed by atoms with Crippen molar-refractivity contribution in [1.82, 2.24) is 9.80 Å². The summed E-state index contributed by atoms with van der Waals surface area (Å²) in [5.41, 5.74) is 0.824. The molecule has 2 aromatic rings. The number of β-amino-alcohol motifs (C(OH)–C–C–N with tert-alkyl or cyclic N) is 1. The van der Waals surface area contributed by atoms with Crippen molar-refractivity contribution in [2.45, 2.75) is 37.8 Å². The normalized spacial score (nSPS) is 26.2. The van der Waals surface area contributed by atoms with Crippen LogP contribution in [-0.4, -0.2) is 53.2 Å². The minimum absolute atomic E-state index is 0.520. The van der Waals surface area contributed by atoms with Crippen LogP contribution in [0.25, 0.3) is 10.8 Å². The number of likely N-dealkylation sites (tertiary alicyclic amines) is 2. The van der Waals surface area contributed by atoms with E-state index in [0.717, 1.165) is 45.7 Å². The zero-order valence-corrected chi connectivity index (χ0v) is 14.5. The number of piperidine rings is 1. The van der Waals surface area contributed by atoms with Crippen molar-refractivity contribution in [3.8, 4) is 0 Å². The van der Waals surface area contributed by atoms with Gasteiger partial charge in [-0.15, -0.1) is 0 Å². The van der Waals surface area contributed by atoms with Gasteiger partial charge in [-0.05, 0) is 54.8 Å². The van der Waals surface area contributed by atoms with Gasteiger partial charge >= 0.3 is 0 Å². The Bertz CT molecular complexity index is 695. The molecule has 4 rings (SSSR count). The fourth-order valence-electron chi connectivity index (χ4n) is 4.33. The van der Waals surface area contributed by atoms with Gasteiger partial charge in [-0.25, -0.2) is 0 Å². The summed E-state index contributed by atoms with van der Waals surface area (Å²) in [5, 5.41) is 13.6. The van der Waals surface area contributed by atoms with Crippen LogP contribution in [0.5, 0.6) is 0 Å². The molecule has 0 radical (unpaired) electrons. The molecular formula is C21H28N2O. The topological polar surface area (TPSA) is 26.7 Å². The second kappa shape index (κ2) is 6.83. The van der Waals surface area contributed by atoms with Gasteiger partial charge < -0.3 is 10.0 Å². The molecule has 0 aliphatic carbocycles. The lowest BCUT2D eigenvalue weighted by Gasteiger charge is -2.33. The van der Waals surface area contributed by atoms with E-state index in [0.29, 0.717) is 0 Å². The third-order valence-corrected chi connectivity index (χ3v) is 5.60. The summed E-state index contributed by atoms with van der Waals surface area (Å²) >= 11 is 0. The maximum atomic E-state index is 11.0. The van der Waals surface area contributed by atoms with Gasteiger partial charge in [0, 0.05) is 26.2 Å². The molecule has 3 heteroatoms. The predicted octanol–water partition coefficient (Wildman–Crippen LogP) is 3.26. The van der Waals surface area contributed by atoms with Crippen LogP contribution >= 0.6 is 0 Å². The zero-order valence-electron chi connectivity index (χ0n) is 14.5. The van der Waals surface area contributed by atoms with Crippen LogP contribution < -0.4 is 0 Å². The van der Waals surface area contributed by atoms with Crippen LogP contribution in [0.3, 0.4) is 0 Å². The highest BCUT2D eigenvalue weighted by Crippen LogP contribution is 2.26. The van der Waals surface area contributed by atoms with Crippen LogP contribution in [0.1, 0.15) is 31.2 Å². The summed E-state index contributed by atoms with van der Waals surface area (Å²) in [4.78, 5) is 4.87. The molecular weight excluding hydrogens is 296 g/mol. The van der Waals surface area contributed by atoms with E-state index in [1.165, 1.54) is 35.6 Å². The Balaban J connectivity index is 1.38. The molecule has 1 atom stereocenters. The van der Waals surface area contributed by atoms with Crippen molar-refractivity contribution in [3.05, 3.63) is 48.0 Å². The van der Waals surface area contributed by atoms with E-state index in [1.807, 2.05) is 0 Å². The van der Waals surface area contributed by atoms with Gasteiger partial charge in [0.2, 0.25) is 0 Å². The van der Waals surface area contributed by atoms with E-state index in [-0.39, 0.29) is 0 Å². The van der Waals surface area contributed by atoms with Gasteiger partial charge in [0.05, 0.1) is 5.60 Å². The van der Waals surface area contributed by atoms with Crippen molar-refractivity contribution in [1.29, 1.82) is 0 Å². The SMILES string of the molecule is O[C@@]1(CN2CCCCC2)CCN(Cc2ccc3ccccc3c2)C1. The Kier molecular flexibility index (Phi) is 4.57. The van der Waals surface area contributed by atoms with Crippen LogP contribution in [0.15, 0.2) is 42.5 Å². The zero-order chi connectivity index (χ0) is 16.4. The molecule has 2 aliphatic rings. The van der Waals surface area contributed by atoms with Crippen LogP contribution in [-0.2, 0) is 6.54 Å². The Morgan fingerprint density at radius 2 is 1.67 bits per heavy atom. The van der Waals surface area contributed by atoms with Gasteiger partial charge in [-0.3, -0.25) is 4.90 Å². The van der Waals surface area contributed by atoms with Gasteiger partial charge in [0.15, 0.2) is 0 Å². The molecule has 2 fully saturated rings. The van der Waals surface area contributed by atoms with Crippen LogP contribution in [0, 0.1) is 0 Å². The first-order valence-electron chi connectivity index (χ1n) is 9.35. The predicted molar refractivity (Wildman–Crippen MR) is 99.1 cm³/mol. The fraction of sp³-hybridized carbons (Fsp3) is 0.524. The van der Waals surface area contributed by atoms with Crippen molar-refractivity contribution < 1.29 is 5.11 Å². The second-order valence-electron chi connectivity index (χ2n) is 7.70. The lowest BCUT2D eigenvalue weighted by atomic mass is 10.0. The average Bonchev–Trinajstić information content (AvgIpc) is 2.96. The molecule has 24 heavy (non-hydrogen) atoms. The van der Waals surface area contributed by atoms with E-state index >= 15 is 0 Å². The summed E-state index contributed by atoms with van der Waals surface area (Å²) in [7, 11) is 0. The number of benzene rings is 2. The third-order valence-electron chi connectivity index (χ3n) is 5.60. The van der Waals surface area contributed by atoms with Gasteiger partial charge in [0.25, 0.3) is 0 Å². The highest BCUT2D eigenvalue weighted by Gasteiger charge is 2.37. The third kappa shape index (κ3) is 3.64. The largest absolute Gasteiger partial charge is 0.387 e. The number of hydrogen-bond acceptors (Lipinski definition) is 3. The first-order valence-corrected chi connectivity index (χ1v) is 9.35. The number of hydrogen-bond donors (Lipinski definition) is 1. The summed E-state index contributed by atoms with van der Waals surface area (Å²) < 4.78 is 0. The van der Waals surface area contributed by atoms with Gasteiger partial charge in [-0.1, -0.05) is 42.8 Å². The summed E-state index contributed by atoms with van der Waals surface area (Å²) in [6.07, 6.45) is 4.83. The molecule has 0 aromatic heterocycles. The highest BCUT2D eigenvalue weighted by molar-refractivity contribution is 5.82. The summed E-state index contributed by atoms with van der Waals surface area (Å²) in [6, 6.07) is 15.2. The average molecular weight is 324 g/mol. The summed E-state index contributed by atoms with van der Waals surface area (Å²) in [6.45, 7) is 5.90. The number of nitrogens with zero attached hydrogens (tertiary/aromatic N) is 2. The minimum Gasteiger partial charge on any atom is -0.387 e. The molecule has 0 bridgehead atoms. The van der Waals surface area contributed by atoms with Gasteiger partial charge in [-0.2, -0.15) is 0 Å². The van der Waals surface area contributed by atoms with Crippen molar-refractivity contribution in [2.24, 2.45) is 0 Å². The lowest BCUT2D eigenvalue weighted by Crippen LogP contribution is -2.46. The second-order valence-corrected chi connectivity index (χ2v) is 7.70. The summed E-state index contributed by atoms with van der Waals surface area (Å²) in [5.74, 6) is 0. The maximum absolute atomic E-state index is 11.0. The molecule has 2 saturated heterocycles. The Hall–Kier alpha value is -1.42. The molecule has 2 aliphatic heterocycles. The van der Waals surface area contributed by atoms with Crippen molar-refractivity contribution >= 4 is 10.8 Å². The van der Waals surface area contributed by atoms with E-state index in [1.54, 1.807) is 0 Å². The van der Waals surface area contributed by atoms with E-state index < -0.39 is 5.60 Å². The molecule has 3 nitrogen and oxygen atoms in total. The number of aliphatic hydroxyl groups is 1. The van der Waals surface area contributed by atoms with Crippen molar-refractivity contribution in [3.63, 3.8) is 0 Å². The van der Waals surface area contributed by atoms with E-state index in [9.17, 15) is 5.11 Å². The number of fused-ring (bicyclic) bond motifs is 1. The van der Waals surface area contributed by atoms with Gasteiger partial charge in [0.1, 0.15) is 0 Å². The Morgan fingerprint density at radius 3 is 2.50 bits per heavy atom. The molecule has 2 aromatic carbocycles. The van der Waals surface area contributed by atoms with Crippen molar-refractivity contribution in [2.75, 3.05) is 32.7 Å². The molecule has 0 amide bonds. The molecule has 0 unspecified atom stereocenters. The first kappa shape index (κ1) is 16.1. The van der Waals surface area contributed by atoms with E-state index in [2.05, 4.69) is 52.3 Å². The standard InChI is InChI=1S/C21H28N2O/c24-21(16-22-11-4-1-5-12-22)10-13-23(17-21)15-18-8-9-19-6-2-3-7-20(19)14-18/h2-3,6-9,14,24H,1,4-5,10-13,15-17H2/t21-/m1/s1. The Morgan fingerprint density at radius 1 is 0.875 bits per heavy atom. The van der Waals surface area contributed by atoms with Crippen LogP contribution in [0.2, 0.25) is 0 Å². The highest BCUT2D eigenvalue weighted by atomic mass is 16.3. The molecule has 0 saturated carbocycles. The lowest BCUT2D eigenvalue weighted by molar-refractivity contribution is 0.00635. The quantitative estimate of drug-likeness (QED) is 0.935. The monoisotopic (exact) mass is 324 g/mol. The molecule has 128 valence electrons. The van der Waals surface area contributed by atoms with E-state index in [4.69, 9.17) is 0 Å². The maximum Gasteiger partial charge on any atom is 0.0912 e. The first-order chi connectivity index (χ1) is 11.7. The molecule has 1 N–H and O–H groups in total. The molecule has 2 heterocycles. The molecule has 0 spiro atoms. The Labute approximate surface area is 144 Å². The smallest absolute Gasteiger partial charge is 0.0912 e.